The highest BCUT2D eigenvalue weighted by Crippen LogP contribution is 2.29. The number of carbonyl (C=O) groups excluding carboxylic acids is 2. The van der Waals surface area contributed by atoms with E-state index >= 15 is 0 Å². The normalized spacial score (nSPS) is 20.4. The monoisotopic (exact) mass is 394 g/mol. The lowest BCUT2D eigenvalue weighted by atomic mass is 9.88. The van der Waals surface area contributed by atoms with E-state index < -0.39 is 6.61 Å². The van der Waals surface area contributed by atoms with Crippen molar-refractivity contribution in [2.24, 2.45) is 5.92 Å². The van der Waals surface area contributed by atoms with Crippen LogP contribution in [0.1, 0.15) is 50.5 Å². The Kier molecular flexibility index (Phi) is 6.86. The van der Waals surface area contributed by atoms with Crippen molar-refractivity contribution in [2.75, 3.05) is 13.6 Å². The van der Waals surface area contributed by atoms with Crippen LogP contribution in [0.3, 0.4) is 0 Å². The number of carbonyl (C=O) groups is 2. The summed E-state index contributed by atoms with van der Waals surface area (Å²) in [5, 5.41) is 0. The number of alkyl halides is 2. The minimum atomic E-state index is -2.86. The molecule has 0 unspecified atom stereocenters. The Morgan fingerprint density at radius 3 is 2.43 bits per heavy atom. The van der Waals surface area contributed by atoms with Crippen molar-refractivity contribution in [1.29, 1.82) is 0 Å². The molecule has 0 bridgehead atoms. The number of hydrogen-bond donors (Lipinski definition) is 0. The number of ether oxygens (including phenoxy) is 1. The van der Waals surface area contributed by atoms with Crippen LogP contribution in [0.5, 0.6) is 5.75 Å². The summed E-state index contributed by atoms with van der Waals surface area (Å²) in [6.45, 7) is -1.85. The molecule has 1 saturated heterocycles. The van der Waals surface area contributed by atoms with Gasteiger partial charge in [0.15, 0.2) is 0 Å². The van der Waals surface area contributed by atoms with Crippen molar-refractivity contribution >= 4 is 11.8 Å². The van der Waals surface area contributed by atoms with Crippen molar-refractivity contribution in [3.05, 3.63) is 29.8 Å². The highest BCUT2D eigenvalue weighted by Gasteiger charge is 2.38. The molecule has 1 aromatic carbocycles. The summed E-state index contributed by atoms with van der Waals surface area (Å²) in [4.78, 5) is 29.3. The van der Waals surface area contributed by atoms with Gasteiger partial charge in [0.25, 0.3) is 0 Å². The van der Waals surface area contributed by atoms with Crippen molar-refractivity contribution in [2.45, 2.75) is 64.1 Å². The van der Waals surface area contributed by atoms with E-state index in [1.165, 1.54) is 18.6 Å². The third kappa shape index (κ3) is 5.00. The van der Waals surface area contributed by atoms with E-state index in [4.69, 9.17) is 0 Å². The molecule has 2 fully saturated rings. The summed E-state index contributed by atoms with van der Waals surface area (Å²) in [5.41, 5.74) is 0.820. The van der Waals surface area contributed by atoms with Gasteiger partial charge < -0.3 is 14.5 Å². The first-order chi connectivity index (χ1) is 13.5. The number of rotatable bonds is 6. The Labute approximate surface area is 164 Å². The fourth-order valence-electron chi connectivity index (χ4n) is 4.25. The molecule has 1 saturated carbocycles. The summed E-state index contributed by atoms with van der Waals surface area (Å²) in [6.07, 6.45) is 6.78. The second kappa shape index (κ2) is 9.34. The molecule has 0 aromatic heterocycles. The van der Waals surface area contributed by atoms with Crippen LogP contribution in [0, 0.1) is 5.92 Å². The van der Waals surface area contributed by atoms with Gasteiger partial charge in [-0.2, -0.15) is 8.78 Å². The summed E-state index contributed by atoms with van der Waals surface area (Å²) in [7, 11) is 1.72. The average Bonchev–Trinajstić information content (AvgIpc) is 3.18. The van der Waals surface area contributed by atoms with Crippen LogP contribution < -0.4 is 4.74 Å². The van der Waals surface area contributed by atoms with Gasteiger partial charge in [-0.05, 0) is 43.4 Å². The van der Waals surface area contributed by atoms with Gasteiger partial charge in [0.05, 0.1) is 0 Å². The average molecular weight is 394 g/mol. The molecule has 1 atom stereocenters. The Morgan fingerprint density at radius 1 is 1.11 bits per heavy atom. The lowest BCUT2D eigenvalue weighted by Crippen LogP contribution is -2.48. The fraction of sp³-hybridized carbons (Fsp3) is 0.619. The lowest BCUT2D eigenvalue weighted by molar-refractivity contribution is -0.146. The molecule has 2 aliphatic rings. The highest BCUT2D eigenvalue weighted by atomic mass is 19.3. The molecule has 1 aliphatic heterocycles. The number of likely N-dealkylation sites (tertiary alicyclic amines) is 1. The molecular weight excluding hydrogens is 366 g/mol. The molecule has 7 heteroatoms. The summed E-state index contributed by atoms with van der Waals surface area (Å²) < 4.78 is 28.8. The number of likely N-dealkylation sites (N-methyl/N-ethyl adjacent to an activating group) is 1. The number of nitrogens with zero attached hydrogens (tertiary/aromatic N) is 2. The molecule has 0 N–H and O–H groups in total. The fourth-order valence-corrected chi connectivity index (χ4v) is 4.25. The van der Waals surface area contributed by atoms with Gasteiger partial charge in [0.2, 0.25) is 11.8 Å². The van der Waals surface area contributed by atoms with Gasteiger partial charge in [0, 0.05) is 26.1 Å². The zero-order chi connectivity index (χ0) is 20.1. The molecule has 2 amide bonds. The minimum Gasteiger partial charge on any atom is -0.435 e. The summed E-state index contributed by atoms with van der Waals surface area (Å²) in [6, 6.07) is 5.88. The number of hydrogen-bond acceptors (Lipinski definition) is 3. The molecule has 3 rings (SSSR count). The predicted octanol–water partition coefficient (Wildman–Crippen LogP) is 3.82. The molecule has 0 spiro atoms. The molecule has 28 heavy (non-hydrogen) atoms. The van der Waals surface area contributed by atoms with Crippen LogP contribution in [0.15, 0.2) is 24.3 Å². The van der Waals surface area contributed by atoms with Crippen molar-refractivity contribution < 1.29 is 23.1 Å². The van der Waals surface area contributed by atoms with E-state index in [0.29, 0.717) is 19.5 Å². The first-order valence-corrected chi connectivity index (χ1v) is 10.0. The van der Waals surface area contributed by atoms with Gasteiger partial charge in [-0.3, -0.25) is 9.59 Å². The predicted molar refractivity (Wildman–Crippen MR) is 101 cm³/mol. The maximum atomic E-state index is 13.0. The Hall–Kier alpha value is -2.18. The molecule has 0 radical (unpaired) electrons. The third-order valence-electron chi connectivity index (χ3n) is 5.72. The van der Waals surface area contributed by atoms with Crippen LogP contribution >= 0.6 is 0 Å². The minimum absolute atomic E-state index is 0.0606. The SMILES string of the molecule is CN(Cc1ccc(OC(F)F)cc1)C(=O)[C@@H]1CCCN1C(=O)C1CCCCC1. The molecule has 1 heterocycles. The van der Waals surface area contributed by atoms with Crippen LogP contribution in [0.25, 0.3) is 0 Å². The van der Waals surface area contributed by atoms with Gasteiger partial charge >= 0.3 is 6.61 Å². The molecule has 1 aromatic rings. The maximum Gasteiger partial charge on any atom is 0.387 e. The van der Waals surface area contributed by atoms with Gasteiger partial charge in [-0.15, -0.1) is 0 Å². The number of amides is 2. The van der Waals surface area contributed by atoms with E-state index in [1.807, 2.05) is 0 Å². The van der Waals surface area contributed by atoms with Crippen LogP contribution in [-0.4, -0.2) is 47.9 Å². The Balaban J connectivity index is 1.59. The smallest absolute Gasteiger partial charge is 0.387 e. The summed E-state index contributed by atoms with van der Waals surface area (Å²) >= 11 is 0. The van der Waals surface area contributed by atoms with Crippen molar-refractivity contribution in [1.82, 2.24) is 9.80 Å². The van der Waals surface area contributed by atoms with E-state index in [9.17, 15) is 18.4 Å². The summed E-state index contributed by atoms with van der Waals surface area (Å²) in [5.74, 6) is 0.231. The topological polar surface area (TPSA) is 49.9 Å². The number of benzene rings is 1. The first kappa shape index (κ1) is 20.6. The quantitative estimate of drug-likeness (QED) is 0.737. The second-order valence-corrected chi connectivity index (χ2v) is 7.74. The standard InChI is InChI=1S/C21H28F2N2O3/c1-24(14-15-9-11-17(12-10-15)28-21(22)23)20(27)18-8-5-13-25(18)19(26)16-6-3-2-4-7-16/h9-12,16,18,21H,2-8,13-14H2,1H3/t18-/m0/s1. The van der Waals surface area contributed by atoms with Gasteiger partial charge in [0.1, 0.15) is 11.8 Å². The molecule has 154 valence electrons. The van der Waals surface area contributed by atoms with Crippen molar-refractivity contribution in [3.63, 3.8) is 0 Å². The Morgan fingerprint density at radius 2 is 1.79 bits per heavy atom. The number of halogens is 2. The zero-order valence-electron chi connectivity index (χ0n) is 16.3. The Bertz CT molecular complexity index is 675. The zero-order valence-corrected chi connectivity index (χ0v) is 16.3. The van der Waals surface area contributed by atoms with E-state index in [-0.39, 0.29) is 29.5 Å². The largest absolute Gasteiger partial charge is 0.435 e. The molecular formula is C21H28F2N2O3. The van der Waals surface area contributed by atoms with Gasteiger partial charge in [-0.25, -0.2) is 0 Å². The molecule has 1 aliphatic carbocycles. The second-order valence-electron chi connectivity index (χ2n) is 7.74. The van der Waals surface area contributed by atoms with Gasteiger partial charge in [-0.1, -0.05) is 31.4 Å². The van der Waals surface area contributed by atoms with Crippen LogP contribution in [0.2, 0.25) is 0 Å². The van der Waals surface area contributed by atoms with Crippen molar-refractivity contribution in [3.8, 4) is 5.75 Å². The van der Waals surface area contributed by atoms with Crippen LogP contribution in [-0.2, 0) is 16.1 Å². The third-order valence-corrected chi connectivity index (χ3v) is 5.72. The molecule has 5 nitrogen and oxygen atoms in total. The van der Waals surface area contributed by atoms with E-state index in [2.05, 4.69) is 4.74 Å². The maximum absolute atomic E-state index is 13.0. The van der Waals surface area contributed by atoms with E-state index in [0.717, 1.165) is 37.7 Å². The first-order valence-electron chi connectivity index (χ1n) is 10.0. The lowest BCUT2D eigenvalue weighted by Gasteiger charge is -2.32. The highest BCUT2D eigenvalue weighted by molar-refractivity contribution is 5.89. The van der Waals surface area contributed by atoms with Crippen LogP contribution in [0.4, 0.5) is 8.78 Å². The van der Waals surface area contributed by atoms with E-state index in [1.54, 1.807) is 29.0 Å².